The minimum Gasteiger partial charge on any atom is -0.481 e. The highest BCUT2D eigenvalue weighted by atomic mass is 16.4. The van der Waals surface area contributed by atoms with Gasteiger partial charge < -0.3 is 5.11 Å². The molecule has 0 atom stereocenters. The molecule has 1 N–H and O–H groups in total. The third-order valence-electron chi connectivity index (χ3n) is 2.69. The van der Waals surface area contributed by atoms with Crippen molar-refractivity contribution in [3.8, 4) is 0 Å². The topological polar surface area (TPSA) is 41.2 Å². The molecule has 0 bridgehead atoms. The van der Waals surface area contributed by atoms with Gasteiger partial charge in [-0.15, -0.1) is 0 Å². The van der Waals surface area contributed by atoms with Gasteiger partial charge in [-0.1, -0.05) is 13.8 Å². The van der Waals surface area contributed by atoms with Crippen LogP contribution in [0.5, 0.6) is 0 Å². The van der Waals surface area contributed by atoms with Crippen molar-refractivity contribution in [2.45, 2.75) is 46.6 Å². The van der Waals surface area contributed by atoms with Crippen LogP contribution in [0.1, 0.15) is 43.1 Å². The van der Waals surface area contributed by atoms with Gasteiger partial charge in [0.05, 0.1) is 0 Å². The van der Waals surface area contributed by atoms with Crippen LogP contribution in [0.25, 0.3) is 0 Å². The van der Waals surface area contributed by atoms with Gasteiger partial charge in [-0.2, -0.15) is 4.57 Å². The molecular weight excluding hydrogens is 202 g/mol. The Kier molecular flexibility index (Phi) is 4.05. The molecule has 0 aliphatic carbocycles. The van der Waals surface area contributed by atoms with Gasteiger partial charge in [0.2, 0.25) is 0 Å². The molecule has 0 saturated carbocycles. The fraction of sp³-hybridized carbons (Fsp3) is 0.538. The van der Waals surface area contributed by atoms with Gasteiger partial charge in [-0.3, -0.25) is 4.79 Å². The maximum absolute atomic E-state index is 10.6. The van der Waals surface area contributed by atoms with Crippen LogP contribution in [-0.2, 0) is 11.3 Å². The summed E-state index contributed by atoms with van der Waals surface area (Å²) in [6.45, 7) is 8.91. The van der Waals surface area contributed by atoms with Crippen molar-refractivity contribution in [1.82, 2.24) is 0 Å². The van der Waals surface area contributed by atoms with Crippen LogP contribution in [0.3, 0.4) is 0 Å². The zero-order valence-electron chi connectivity index (χ0n) is 10.4. The number of aliphatic carboxylic acids is 1. The summed E-state index contributed by atoms with van der Waals surface area (Å²) in [6.07, 6.45) is 0.175. The van der Waals surface area contributed by atoms with Gasteiger partial charge in [0.15, 0.2) is 17.9 Å². The van der Waals surface area contributed by atoms with E-state index in [1.807, 2.05) is 6.92 Å². The van der Waals surface area contributed by atoms with Crippen molar-refractivity contribution in [1.29, 1.82) is 0 Å². The van der Waals surface area contributed by atoms with Crippen molar-refractivity contribution in [3.05, 3.63) is 29.1 Å². The monoisotopic (exact) mass is 222 g/mol. The molecule has 16 heavy (non-hydrogen) atoms. The average Bonchev–Trinajstić information content (AvgIpc) is 2.14. The third kappa shape index (κ3) is 3.05. The first-order valence-corrected chi connectivity index (χ1v) is 5.64. The predicted molar refractivity (Wildman–Crippen MR) is 62.5 cm³/mol. The highest BCUT2D eigenvalue weighted by Crippen LogP contribution is 2.13. The first-order valence-electron chi connectivity index (χ1n) is 5.64. The van der Waals surface area contributed by atoms with E-state index >= 15 is 0 Å². The second-order valence-electron chi connectivity index (χ2n) is 4.55. The average molecular weight is 222 g/mol. The van der Waals surface area contributed by atoms with E-state index in [1.54, 1.807) is 0 Å². The summed E-state index contributed by atoms with van der Waals surface area (Å²) in [4.78, 5) is 10.6. The van der Waals surface area contributed by atoms with Gasteiger partial charge in [0.25, 0.3) is 0 Å². The number of hydrogen-bond acceptors (Lipinski definition) is 1. The van der Waals surface area contributed by atoms with Crippen LogP contribution in [-0.4, -0.2) is 11.1 Å². The minimum absolute atomic E-state index is 0.175. The van der Waals surface area contributed by atoms with E-state index < -0.39 is 5.97 Å². The Morgan fingerprint density at radius 2 is 2.00 bits per heavy atom. The van der Waals surface area contributed by atoms with Crippen LogP contribution < -0.4 is 4.57 Å². The summed E-state index contributed by atoms with van der Waals surface area (Å²) < 4.78 is 2.10. The summed E-state index contributed by atoms with van der Waals surface area (Å²) in [5.41, 5.74) is 3.57. The molecule has 0 aromatic carbocycles. The normalized spacial score (nSPS) is 10.8. The van der Waals surface area contributed by atoms with Crippen LogP contribution in [0.15, 0.2) is 12.1 Å². The number of hydrogen-bond donors (Lipinski definition) is 1. The molecule has 0 fully saturated rings. The SMILES string of the molecule is Cc1cc(C)[n+](CCC(=O)O)c(C(C)C)c1. The van der Waals surface area contributed by atoms with E-state index in [2.05, 4.69) is 37.5 Å². The molecule has 0 aliphatic heterocycles. The molecule has 0 spiro atoms. The summed E-state index contributed by atoms with van der Waals surface area (Å²) >= 11 is 0. The van der Waals surface area contributed by atoms with Crippen LogP contribution >= 0.6 is 0 Å². The Bertz CT molecular complexity index is 397. The molecule has 1 aromatic heterocycles. The zero-order valence-corrected chi connectivity index (χ0v) is 10.4. The summed E-state index contributed by atoms with van der Waals surface area (Å²) in [5.74, 6) is -0.338. The molecule has 0 saturated heterocycles. The second-order valence-corrected chi connectivity index (χ2v) is 4.55. The summed E-state index contributed by atoms with van der Waals surface area (Å²) in [7, 11) is 0. The molecule has 0 radical (unpaired) electrons. The van der Waals surface area contributed by atoms with Crippen LogP contribution in [0.2, 0.25) is 0 Å². The predicted octanol–water partition coefficient (Wildman–Crippen LogP) is 2.19. The van der Waals surface area contributed by atoms with Crippen molar-refractivity contribution in [2.75, 3.05) is 0 Å². The number of rotatable bonds is 4. The molecule has 0 aliphatic rings. The molecule has 0 amide bonds. The number of aryl methyl sites for hydroxylation is 2. The van der Waals surface area contributed by atoms with E-state index in [-0.39, 0.29) is 6.42 Å². The van der Waals surface area contributed by atoms with Crippen molar-refractivity contribution in [2.24, 2.45) is 0 Å². The van der Waals surface area contributed by atoms with E-state index in [0.717, 1.165) is 5.69 Å². The van der Waals surface area contributed by atoms with E-state index in [4.69, 9.17) is 5.11 Å². The minimum atomic E-state index is -0.748. The number of carboxylic acid groups (broad SMARTS) is 1. The number of nitrogens with zero attached hydrogens (tertiary/aromatic N) is 1. The lowest BCUT2D eigenvalue weighted by molar-refractivity contribution is -0.709. The highest BCUT2D eigenvalue weighted by Gasteiger charge is 2.18. The number of pyridine rings is 1. The first kappa shape index (κ1) is 12.7. The van der Waals surface area contributed by atoms with Crippen LogP contribution in [0, 0.1) is 13.8 Å². The van der Waals surface area contributed by atoms with Gasteiger partial charge in [-0.05, 0) is 12.5 Å². The number of carbonyl (C=O) groups is 1. The number of carboxylic acids is 1. The van der Waals surface area contributed by atoms with Gasteiger partial charge in [-0.25, -0.2) is 0 Å². The lowest BCUT2D eigenvalue weighted by Gasteiger charge is -2.09. The third-order valence-corrected chi connectivity index (χ3v) is 2.69. The molecule has 3 heteroatoms. The van der Waals surface area contributed by atoms with Gasteiger partial charge in [0, 0.05) is 25.0 Å². The Hall–Kier alpha value is -1.38. The second kappa shape index (κ2) is 5.10. The Morgan fingerprint density at radius 1 is 1.38 bits per heavy atom. The van der Waals surface area contributed by atoms with Gasteiger partial charge >= 0.3 is 5.97 Å². The molecule has 1 aromatic rings. The highest BCUT2D eigenvalue weighted by molar-refractivity contribution is 5.66. The van der Waals surface area contributed by atoms with Crippen LogP contribution in [0.4, 0.5) is 0 Å². The first-order chi connectivity index (χ1) is 7.41. The van der Waals surface area contributed by atoms with E-state index in [1.165, 1.54) is 11.3 Å². The molecule has 88 valence electrons. The maximum Gasteiger partial charge on any atom is 0.309 e. The quantitative estimate of drug-likeness (QED) is 0.793. The molecule has 1 heterocycles. The Balaban J connectivity index is 3.08. The van der Waals surface area contributed by atoms with E-state index in [9.17, 15) is 4.79 Å². The molecule has 1 rings (SSSR count). The number of aromatic nitrogens is 1. The molecule has 3 nitrogen and oxygen atoms in total. The maximum atomic E-state index is 10.6. The van der Waals surface area contributed by atoms with E-state index in [0.29, 0.717) is 12.5 Å². The summed E-state index contributed by atoms with van der Waals surface area (Å²) in [6, 6.07) is 4.23. The Labute approximate surface area is 96.7 Å². The largest absolute Gasteiger partial charge is 0.481 e. The van der Waals surface area contributed by atoms with Crippen molar-refractivity contribution >= 4 is 5.97 Å². The lowest BCUT2D eigenvalue weighted by atomic mass is 10.1. The van der Waals surface area contributed by atoms with Crippen molar-refractivity contribution < 1.29 is 14.5 Å². The Morgan fingerprint density at radius 3 is 2.50 bits per heavy atom. The van der Waals surface area contributed by atoms with Crippen molar-refractivity contribution in [3.63, 3.8) is 0 Å². The fourth-order valence-corrected chi connectivity index (χ4v) is 1.96. The smallest absolute Gasteiger partial charge is 0.309 e. The fourth-order valence-electron chi connectivity index (χ4n) is 1.96. The zero-order chi connectivity index (χ0) is 12.3. The molecular formula is C13H20NO2+. The standard InChI is InChI=1S/C13H19NO2/c1-9(2)12-8-10(3)7-11(4)14(12)6-5-13(15)16/h7-9H,5-6H2,1-4H3/p+1. The van der Waals surface area contributed by atoms with Gasteiger partial charge in [0.1, 0.15) is 6.42 Å². The lowest BCUT2D eigenvalue weighted by Crippen LogP contribution is -2.43. The molecule has 0 unspecified atom stereocenters. The summed E-state index contributed by atoms with van der Waals surface area (Å²) in [5, 5.41) is 8.74.